The summed E-state index contributed by atoms with van der Waals surface area (Å²) in [5, 5.41) is 34.3. The highest BCUT2D eigenvalue weighted by Crippen LogP contribution is 2.36. The first-order valence-electron chi connectivity index (χ1n) is 11.1. The molecule has 2 aromatic carbocycles. The van der Waals surface area contributed by atoms with Crippen LogP contribution in [0, 0.1) is 0 Å². The molecule has 0 aromatic heterocycles. The van der Waals surface area contributed by atoms with E-state index < -0.39 is 30.7 Å². The van der Waals surface area contributed by atoms with E-state index in [1.165, 1.54) is 12.7 Å². The van der Waals surface area contributed by atoms with Gasteiger partial charge in [0.2, 0.25) is 0 Å². The number of anilines is 1. The van der Waals surface area contributed by atoms with E-state index in [4.69, 9.17) is 14.2 Å². The fourth-order valence-corrected chi connectivity index (χ4v) is 4.43. The molecule has 2 aliphatic heterocycles. The van der Waals surface area contributed by atoms with Crippen LogP contribution in [0.5, 0.6) is 5.75 Å². The predicted molar refractivity (Wildman–Crippen MR) is 121 cm³/mol. The van der Waals surface area contributed by atoms with E-state index in [2.05, 4.69) is 38.2 Å². The standard InChI is InChI=1S/C25H33NO6/c1-5-15-7-8-16(23-21(28)20(27)22(29)24(30-4)31-23)12-17(15)10-14-6-9-19-18(11-14)26-13-25(2,3)32-19/h6-9,11-12,20-24,26-29H,5,10,13H2,1-4H3/t20-,21-,22+,23+,24+/m1/s1. The van der Waals surface area contributed by atoms with Crippen molar-refractivity contribution in [1.29, 1.82) is 0 Å². The van der Waals surface area contributed by atoms with Crippen molar-refractivity contribution < 1.29 is 29.5 Å². The SMILES string of the molecule is CCc1ccc([C@@H]2O[C@H](OC)[C@@H](O)[C@H](O)[C@H]2O)cc1Cc1ccc2c(c1)NCC(C)(C)O2. The molecule has 7 nitrogen and oxygen atoms in total. The average Bonchev–Trinajstić information content (AvgIpc) is 2.77. The average molecular weight is 444 g/mol. The molecule has 174 valence electrons. The number of hydrogen-bond acceptors (Lipinski definition) is 7. The Labute approximate surface area is 188 Å². The van der Waals surface area contributed by atoms with E-state index in [1.54, 1.807) is 0 Å². The van der Waals surface area contributed by atoms with Crippen molar-refractivity contribution in [3.05, 3.63) is 58.7 Å². The number of fused-ring (bicyclic) bond motifs is 1. The largest absolute Gasteiger partial charge is 0.484 e. The number of aliphatic hydroxyl groups is 3. The Morgan fingerprint density at radius 1 is 1.03 bits per heavy atom. The molecule has 1 saturated heterocycles. The monoisotopic (exact) mass is 443 g/mol. The van der Waals surface area contributed by atoms with Crippen molar-refractivity contribution in [2.75, 3.05) is 19.0 Å². The number of methoxy groups -OCH3 is 1. The highest BCUT2D eigenvalue weighted by Gasteiger charge is 2.44. The molecular weight excluding hydrogens is 410 g/mol. The lowest BCUT2D eigenvalue weighted by Gasteiger charge is -2.40. The molecule has 0 unspecified atom stereocenters. The number of aryl methyl sites for hydroxylation is 1. The Balaban J connectivity index is 1.61. The molecule has 2 aliphatic rings. The highest BCUT2D eigenvalue weighted by atomic mass is 16.7. The van der Waals surface area contributed by atoms with Crippen molar-refractivity contribution in [2.24, 2.45) is 0 Å². The van der Waals surface area contributed by atoms with Gasteiger partial charge in [-0.2, -0.15) is 0 Å². The Bertz CT molecular complexity index is 959. The summed E-state index contributed by atoms with van der Waals surface area (Å²) in [6.45, 7) is 6.96. The normalized spacial score (nSPS) is 29.0. The topological polar surface area (TPSA) is 100 Å². The second-order valence-electron chi connectivity index (χ2n) is 9.24. The first kappa shape index (κ1) is 23.0. The number of nitrogens with one attached hydrogen (secondary N) is 1. The molecule has 7 heteroatoms. The first-order valence-corrected chi connectivity index (χ1v) is 11.1. The van der Waals surface area contributed by atoms with E-state index >= 15 is 0 Å². The molecule has 1 fully saturated rings. The molecule has 5 atom stereocenters. The second kappa shape index (κ2) is 9.00. The van der Waals surface area contributed by atoms with E-state index in [0.717, 1.165) is 41.1 Å². The number of rotatable bonds is 5. The summed E-state index contributed by atoms with van der Waals surface area (Å²) in [5.74, 6) is 0.853. The van der Waals surface area contributed by atoms with E-state index in [0.29, 0.717) is 6.42 Å². The van der Waals surface area contributed by atoms with E-state index in [-0.39, 0.29) is 5.60 Å². The van der Waals surface area contributed by atoms with Gasteiger partial charge in [-0.25, -0.2) is 0 Å². The zero-order chi connectivity index (χ0) is 23.0. The summed E-state index contributed by atoms with van der Waals surface area (Å²) in [7, 11) is 1.40. The third kappa shape index (κ3) is 4.49. The van der Waals surface area contributed by atoms with Gasteiger partial charge in [-0.3, -0.25) is 0 Å². The lowest BCUT2D eigenvalue weighted by Crippen LogP contribution is -2.54. The lowest BCUT2D eigenvalue weighted by molar-refractivity contribution is -0.292. The van der Waals surface area contributed by atoms with Crippen molar-refractivity contribution >= 4 is 5.69 Å². The van der Waals surface area contributed by atoms with E-state index in [9.17, 15) is 15.3 Å². The van der Waals surface area contributed by atoms with Gasteiger partial charge in [0.05, 0.1) is 12.2 Å². The Morgan fingerprint density at radius 2 is 1.81 bits per heavy atom. The number of ether oxygens (including phenoxy) is 3. The Kier molecular flexibility index (Phi) is 6.47. The Hall–Kier alpha value is -2.16. The van der Waals surface area contributed by atoms with Gasteiger partial charge in [0.1, 0.15) is 35.8 Å². The van der Waals surface area contributed by atoms with Crippen LogP contribution in [-0.4, -0.2) is 59.2 Å². The summed E-state index contributed by atoms with van der Waals surface area (Å²) >= 11 is 0. The lowest BCUT2D eigenvalue weighted by atomic mass is 9.89. The fraction of sp³-hybridized carbons (Fsp3) is 0.520. The zero-order valence-electron chi connectivity index (χ0n) is 19.0. The van der Waals surface area contributed by atoms with Crippen LogP contribution in [0.2, 0.25) is 0 Å². The molecule has 0 saturated carbocycles. The van der Waals surface area contributed by atoms with Crippen molar-refractivity contribution in [2.45, 2.75) is 69.9 Å². The minimum Gasteiger partial charge on any atom is -0.484 e. The van der Waals surface area contributed by atoms with Gasteiger partial charge in [0, 0.05) is 7.11 Å². The van der Waals surface area contributed by atoms with Gasteiger partial charge >= 0.3 is 0 Å². The molecule has 4 rings (SSSR count). The number of hydrogen-bond donors (Lipinski definition) is 4. The molecule has 0 radical (unpaired) electrons. The van der Waals surface area contributed by atoms with Gasteiger partial charge in [-0.05, 0) is 61.1 Å². The molecule has 32 heavy (non-hydrogen) atoms. The van der Waals surface area contributed by atoms with Gasteiger partial charge in [0.15, 0.2) is 6.29 Å². The molecule has 0 aliphatic carbocycles. The Morgan fingerprint density at radius 3 is 2.53 bits per heavy atom. The smallest absolute Gasteiger partial charge is 0.186 e. The summed E-state index contributed by atoms with van der Waals surface area (Å²) in [5.41, 5.74) is 4.94. The maximum absolute atomic E-state index is 10.5. The van der Waals surface area contributed by atoms with Crippen LogP contribution >= 0.6 is 0 Å². The minimum atomic E-state index is -1.36. The van der Waals surface area contributed by atoms with Crippen LogP contribution in [-0.2, 0) is 22.3 Å². The minimum absolute atomic E-state index is 0.239. The van der Waals surface area contributed by atoms with Crippen LogP contribution < -0.4 is 10.1 Å². The molecule has 2 aromatic rings. The van der Waals surface area contributed by atoms with Crippen molar-refractivity contribution in [3.8, 4) is 5.75 Å². The van der Waals surface area contributed by atoms with Gasteiger partial charge in [-0.15, -0.1) is 0 Å². The van der Waals surface area contributed by atoms with Crippen LogP contribution in [0.3, 0.4) is 0 Å². The summed E-state index contributed by atoms with van der Waals surface area (Å²) in [6.07, 6.45) is -4.17. The first-order chi connectivity index (χ1) is 15.2. The molecular formula is C25H33NO6. The molecule has 2 heterocycles. The maximum Gasteiger partial charge on any atom is 0.186 e. The highest BCUT2D eigenvalue weighted by molar-refractivity contribution is 5.60. The van der Waals surface area contributed by atoms with Crippen molar-refractivity contribution in [1.82, 2.24) is 0 Å². The van der Waals surface area contributed by atoms with Crippen LogP contribution in [0.25, 0.3) is 0 Å². The second-order valence-corrected chi connectivity index (χ2v) is 9.24. The molecule has 4 N–H and O–H groups in total. The summed E-state index contributed by atoms with van der Waals surface area (Å²) < 4.78 is 17.0. The zero-order valence-corrected chi connectivity index (χ0v) is 19.0. The van der Waals surface area contributed by atoms with Crippen LogP contribution in [0.4, 0.5) is 5.69 Å². The van der Waals surface area contributed by atoms with E-state index in [1.807, 2.05) is 24.3 Å². The van der Waals surface area contributed by atoms with Crippen molar-refractivity contribution in [3.63, 3.8) is 0 Å². The third-order valence-corrected chi connectivity index (χ3v) is 6.27. The predicted octanol–water partition coefficient (Wildman–Crippen LogP) is 2.55. The van der Waals surface area contributed by atoms with Crippen LogP contribution in [0.1, 0.15) is 49.1 Å². The molecule has 0 spiro atoms. The van der Waals surface area contributed by atoms with Gasteiger partial charge < -0.3 is 34.8 Å². The molecule has 0 bridgehead atoms. The number of aliphatic hydroxyl groups excluding tert-OH is 3. The summed E-state index contributed by atoms with van der Waals surface area (Å²) in [6, 6.07) is 12.1. The van der Waals surface area contributed by atoms with Crippen LogP contribution in [0.15, 0.2) is 36.4 Å². The van der Waals surface area contributed by atoms with Gasteiger partial charge in [0.25, 0.3) is 0 Å². The fourth-order valence-electron chi connectivity index (χ4n) is 4.43. The van der Waals surface area contributed by atoms with Gasteiger partial charge in [-0.1, -0.05) is 31.2 Å². The third-order valence-electron chi connectivity index (χ3n) is 6.27. The quantitative estimate of drug-likeness (QED) is 0.564. The molecule has 0 amide bonds. The number of benzene rings is 2. The maximum atomic E-state index is 10.5. The summed E-state index contributed by atoms with van der Waals surface area (Å²) in [4.78, 5) is 0.